The zero-order chi connectivity index (χ0) is 17.9. The second-order valence-electron chi connectivity index (χ2n) is 6.73. The predicted octanol–water partition coefficient (Wildman–Crippen LogP) is 2.44. The summed E-state index contributed by atoms with van der Waals surface area (Å²) in [6.45, 7) is 2.03. The molecule has 1 saturated heterocycles. The van der Waals surface area contributed by atoms with E-state index in [-0.39, 0.29) is 18.4 Å². The normalized spacial score (nSPS) is 17.6. The average Bonchev–Trinajstić information content (AvgIpc) is 3.16. The predicted molar refractivity (Wildman–Crippen MR) is 98.9 cm³/mol. The molecule has 2 aromatic heterocycles. The molecule has 1 unspecified atom stereocenters. The minimum atomic E-state index is 0.0650. The molecule has 1 N–H and O–H groups in total. The molecule has 1 fully saturated rings. The van der Waals surface area contributed by atoms with Crippen molar-refractivity contribution < 1.29 is 9.90 Å². The van der Waals surface area contributed by atoms with E-state index in [9.17, 15) is 4.79 Å². The smallest absolute Gasteiger partial charge is 0.253 e. The quantitative estimate of drug-likeness (QED) is 0.784. The number of likely N-dealkylation sites (tertiary alicyclic amines) is 1. The van der Waals surface area contributed by atoms with E-state index in [2.05, 4.69) is 10.1 Å². The van der Waals surface area contributed by atoms with Crippen LogP contribution in [0.15, 0.2) is 48.8 Å². The van der Waals surface area contributed by atoms with E-state index in [1.807, 2.05) is 47.5 Å². The molecule has 4 rings (SSSR count). The van der Waals surface area contributed by atoms with Crippen LogP contribution < -0.4 is 0 Å². The van der Waals surface area contributed by atoms with Crippen LogP contribution in [0.2, 0.25) is 0 Å². The van der Waals surface area contributed by atoms with Crippen molar-refractivity contribution in [2.75, 3.05) is 19.7 Å². The lowest BCUT2D eigenvalue weighted by molar-refractivity contribution is 0.0706. The van der Waals surface area contributed by atoms with Crippen LogP contribution in [0.1, 0.15) is 34.8 Å². The topological polar surface area (TPSA) is 71.2 Å². The Morgan fingerprint density at radius 1 is 1.27 bits per heavy atom. The SMILES string of the molecule is O=C(c1ccc2ncccc2c1)N1CCCC(c2ccn(CCO)n2)C1. The van der Waals surface area contributed by atoms with E-state index in [0.717, 1.165) is 36.0 Å². The highest BCUT2D eigenvalue weighted by molar-refractivity contribution is 5.98. The van der Waals surface area contributed by atoms with Crippen LogP contribution in [0.25, 0.3) is 10.9 Å². The first-order chi connectivity index (χ1) is 12.7. The summed E-state index contributed by atoms with van der Waals surface area (Å²) in [6, 6.07) is 11.5. The fraction of sp³-hybridized carbons (Fsp3) is 0.350. The Kier molecular flexibility index (Phi) is 4.67. The summed E-state index contributed by atoms with van der Waals surface area (Å²) in [5, 5.41) is 14.6. The minimum Gasteiger partial charge on any atom is -0.394 e. The van der Waals surface area contributed by atoms with Crippen LogP contribution >= 0.6 is 0 Å². The number of carbonyl (C=O) groups is 1. The number of aliphatic hydroxyl groups excluding tert-OH is 1. The van der Waals surface area contributed by atoms with Gasteiger partial charge in [-0.05, 0) is 43.2 Å². The Morgan fingerprint density at radius 2 is 2.19 bits per heavy atom. The van der Waals surface area contributed by atoms with E-state index in [1.165, 1.54) is 0 Å². The van der Waals surface area contributed by atoms with Crippen molar-refractivity contribution in [3.05, 3.63) is 60.0 Å². The fourth-order valence-electron chi connectivity index (χ4n) is 3.62. The third kappa shape index (κ3) is 3.32. The van der Waals surface area contributed by atoms with Crippen molar-refractivity contribution >= 4 is 16.8 Å². The van der Waals surface area contributed by atoms with Crippen LogP contribution in [-0.4, -0.2) is 50.4 Å². The number of amides is 1. The molecule has 1 atom stereocenters. The second kappa shape index (κ2) is 7.25. The Balaban J connectivity index is 1.51. The van der Waals surface area contributed by atoms with Gasteiger partial charge in [0.2, 0.25) is 0 Å². The number of hydrogen-bond donors (Lipinski definition) is 1. The summed E-state index contributed by atoms with van der Waals surface area (Å²) < 4.78 is 1.76. The molecule has 0 aliphatic carbocycles. The van der Waals surface area contributed by atoms with Gasteiger partial charge in [0, 0.05) is 42.4 Å². The van der Waals surface area contributed by atoms with Crippen LogP contribution in [0.4, 0.5) is 0 Å². The van der Waals surface area contributed by atoms with Gasteiger partial charge in [-0.1, -0.05) is 6.07 Å². The Bertz CT molecular complexity index is 921. The lowest BCUT2D eigenvalue weighted by Gasteiger charge is -2.32. The number of rotatable bonds is 4. The standard InChI is InChI=1S/C20H22N4O2/c25-12-11-24-10-7-19(22-24)17-4-2-9-23(14-17)20(26)16-5-6-18-15(13-16)3-1-8-21-18/h1,3,5-8,10,13,17,25H,2,4,9,11-12,14H2. The van der Waals surface area contributed by atoms with E-state index < -0.39 is 0 Å². The zero-order valence-corrected chi connectivity index (χ0v) is 14.6. The molecular formula is C20H22N4O2. The van der Waals surface area contributed by atoms with Gasteiger partial charge >= 0.3 is 0 Å². The monoisotopic (exact) mass is 350 g/mol. The molecule has 1 aliphatic heterocycles. The number of fused-ring (bicyclic) bond motifs is 1. The number of aliphatic hydroxyl groups is 1. The molecule has 134 valence electrons. The van der Waals surface area contributed by atoms with E-state index in [0.29, 0.717) is 18.7 Å². The molecule has 1 aliphatic rings. The maximum Gasteiger partial charge on any atom is 0.253 e. The molecule has 6 heteroatoms. The van der Waals surface area contributed by atoms with Gasteiger partial charge in [0.1, 0.15) is 0 Å². The summed E-state index contributed by atoms with van der Waals surface area (Å²) in [5.41, 5.74) is 2.60. The van der Waals surface area contributed by atoms with Crippen molar-refractivity contribution in [1.82, 2.24) is 19.7 Å². The largest absolute Gasteiger partial charge is 0.394 e. The third-order valence-electron chi connectivity index (χ3n) is 4.97. The van der Waals surface area contributed by atoms with Gasteiger partial charge in [-0.3, -0.25) is 14.5 Å². The van der Waals surface area contributed by atoms with Crippen LogP contribution in [0.5, 0.6) is 0 Å². The first kappa shape index (κ1) is 16.7. The molecule has 3 heterocycles. The third-order valence-corrected chi connectivity index (χ3v) is 4.97. The Morgan fingerprint density at radius 3 is 3.08 bits per heavy atom. The minimum absolute atomic E-state index is 0.0650. The number of benzene rings is 1. The maximum absolute atomic E-state index is 13.0. The summed E-state index contributed by atoms with van der Waals surface area (Å²) in [7, 11) is 0. The fourth-order valence-corrected chi connectivity index (χ4v) is 3.62. The molecule has 0 saturated carbocycles. The highest BCUT2D eigenvalue weighted by Crippen LogP contribution is 2.27. The van der Waals surface area contributed by atoms with E-state index >= 15 is 0 Å². The van der Waals surface area contributed by atoms with Crippen molar-refractivity contribution in [2.24, 2.45) is 0 Å². The highest BCUT2D eigenvalue weighted by atomic mass is 16.3. The molecule has 0 spiro atoms. The number of piperidine rings is 1. The second-order valence-corrected chi connectivity index (χ2v) is 6.73. The molecule has 1 amide bonds. The molecule has 0 bridgehead atoms. The van der Waals surface area contributed by atoms with Crippen LogP contribution in [0, 0.1) is 0 Å². The van der Waals surface area contributed by atoms with Gasteiger partial charge in [0.05, 0.1) is 24.4 Å². The maximum atomic E-state index is 13.0. The van der Waals surface area contributed by atoms with Crippen molar-refractivity contribution in [1.29, 1.82) is 0 Å². The first-order valence-electron chi connectivity index (χ1n) is 9.03. The number of pyridine rings is 1. The van der Waals surface area contributed by atoms with Gasteiger partial charge in [0.25, 0.3) is 5.91 Å². The molecule has 6 nitrogen and oxygen atoms in total. The van der Waals surface area contributed by atoms with Gasteiger partial charge in [-0.25, -0.2) is 0 Å². The number of nitrogens with zero attached hydrogens (tertiary/aromatic N) is 4. The van der Waals surface area contributed by atoms with Gasteiger partial charge in [0.15, 0.2) is 0 Å². The van der Waals surface area contributed by atoms with Crippen LogP contribution in [0.3, 0.4) is 0 Å². The van der Waals surface area contributed by atoms with Crippen molar-refractivity contribution in [2.45, 2.75) is 25.3 Å². The molecular weight excluding hydrogens is 328 g/mol. The van der Waals surface area contributed by atoms with Crippen molar-refractivity contribution in [3.8, 4) is 0 Å². The number of carbonyl (C=O) groups excluding carboxylic acids is 1. The lowest BCUT2D eigenvalue weighted by atomic mass is 9.94. The molecule has 1 aromatic carbocycles. The zero-order valence-electron chi connectivity index (χ0n) is 14.6. The summed E-state index contributed by atoms with van der Waals surface area (Å²) in [4.78, 5) is 19.2. The average molecular weight is 350 g/mol. The summed E-state index contributed by atoms with van der Waals surface area (Å²) in [5.74, 6) is 0.310. The van der Waals surface area contributed by atoms with Crippen LogP contribution in [-0.2, 0) is 6.54 Å². The molecule has 26 heavy (non-hydrogen) atoms. The first-order valence-corrected chi connectivity index (χ1v) is 9.03. The van der Waals surface area contributed by atoms with E-state index in [1.54, 1.807) is 10.9 Å². The lowest BCUT2D eigenvalue weighted by Crippen LogP contribution is -2.39. The van der Waals surface area contributed by atoms with Gasteiger partial charge in [-0.15, -0.1) is 0 Å². The van der Waals surface area contributed by atoms with Crippen molar-refractivity contribution in [3.63, 3.8) is 0 Å². The highest BCUT2D eigenvalue weighted by Gasteiger charge is 2.27. The van der Waals surface area contributed by atoms with Gasteiger partial charge in [-0.2, -0.15) is 5.10 Å². The summed E-state index contributed by atoms with van der Waals surface area (Å²) in [6.07, 6.45) is 5.65. The number of aromatic nitrogens is 3. The summed E-state index contributed by atoms with van der Waals surface area (Å²) >= 11 is 0. The number of hydrogen-bond acceptors (Lipinski definition) is 4. The molecule has 3 aromatic rings. The van der Waals surface area contributed by atoms with E-state index in [4.69, 9.17) is 5.11 Å². The molecule has 0 radical (unpaired) electrons. The van der Waals surface area contributed by atoms with Gasteiger partial charge < -0.3 is 10.0 Å². The Hall–Kier alpha value is -2.73. The Labute approximate surface area is 152 Å².